The van der Waals surface area contributed by atoms with Crippen LogP contribution in [0.5, 0.6) is 0 Å². The van der Waals surface area contributed by atoms with Gasteiger partial charge in [0.15, 0.2) is 11.5 Å². The molecule has 1 saturated heterocycles. The maximum Gasteiger partial charge on any atom is 0.416 e. The van der Waals surface area contributed by atoms with Crippen LogP contribution < -0.4 is 16.0 Å². The molecule has 1 amide bonds. The molecule has 0 saturated carbocycles. The number of nitrogens with two attached hydrogens (primary N) is 1. The van der Waals surface area contributed by atoms with Gasteiger partial charge in [0.05, 0.1) is 37.4 Å². The van der Waals surface area contributed by atoms with E-state index in [1.54, 1.807) is 0 Å². The summed E-state index contributed by atoms with van der Waals surface area (Å²) in [6.07, 6.45) is -2.09. The Bertz CT molecular complexity index is 783. The molecule has 1 aromatic heterocycles. The monoisotopic (exact) mass is 369 g/mol. The van der Waals surface area contributed by atoms with Gasteiger partial charge >= 0.3 is 6.18 Å². The van der Waals surface area contributed by atoms with Crippen molar-refractivity contribution >= 4 is 11.7 Å². The first-order chi connectivity index (χ1) is 12.4. The first kappa shape index (κ1) is 18.2. The number of aromatic nitrogens is 3. The van der Waals surface area contributed by atoms with E-state index in [0.29, 0.717) is 6.54 Å². The number of rotatable bonds is 5. The Kier molecular flexibility index (Phi) is 5.12. The fourth-order valence-corrected chi connectivity index (χ4v) is 3.02. The number of likely N-dealkylation sites (tertiary alicyclic amines) is 1. The zero-order valence-corrected chi connectivity index (χ0v) is 14.0. The van der Waals surface area contributed by atoms with Crippen LogP contribution in [0.1, 0.15) is 28.9 Å². The molecule has 1 aliphatic heterocycles. The standard InChI is InChI=1S/C16H19F3N6O/c17-16(18,19)11-4-3-5-12(10-11)25-14(20)13(22-23-25)15(26)21-6-9-24-7-1-2-8-24/h3-5,10H,1-2,6-9,20H2,(H,21,26)/p+1. The van der Waals surface area contributed by atoms with Gasteiger partial charge in [0.1, 0.15) is 0 Å². The van der Waals surface area contributed by atoms with Crippen LogP contribution in [-0.4, -0.2) is 47.1 Å². The highest BCUT2D eigenvalue weighted by molar-refractivity contribution is 5.96. The molecular weight excluding hydrogens is 349 g/mol. The number of hydrogen-bond donors (Lipinski definition) is 3. The average molecular weight is 369 g/mol. The predicted octanol–water partition coefficient (Wildman–Crippen LogP) is 0.277. The number of nitrogen functional groups attached to an aromatic ring is 1. The summed E-state index contributed by atoms with van der Waals surface area (Å²) in [5, 5.41) is 10.2. The summed E-state index contributed by atoms with van der Waals surface area (Å²) >= 11 is 0. The SMILES string of the molecule is Nc1c(C(=O)NCC[NH+]2CCCC2)nnn1-c1cccc(C(F)(F)F)c1. The molecule has 1 fully saturated rings. The van der Waals surface area contributed by atoms with Gasteiger partial charge in [-0.15, -0.1) is 5.10 Å². The van der Waals surface area contributed by atoms with Crippen LogP contribution in [-0.2, 0) is 6.18 Å². The summed E-state index contributed by atoms with van der Waals surface area (Å²) < 4.78 is 39.6. The zero-order valence-electron chi connectivity index (χ0n) is 14.0. The first-order valence-corrected chi connectivity index (χ1v) is 8.37. The molecule has 0 atom stereocenters. The van der Waals surface area contributed by atoms with E-state index in [1.165, 1.54) is 29.9 Å². The van der Waals surface area contributed by atoms with Gasteiger partial charge in [-0.1, -0.05) is 11.3 Å². The second kappa shape index (κ2) is 7.32. The van der Waals surface area contributed by atoms with E-state index in [2.05, 4.69) is 15.6 Å². The van der Waals surface area contributed by atoms with E-state index in [9.17, 15) is 18.0 Å². The highest BCUT2D eigenvalue weighted by atomic mass is 19.4. The third-order valence-corrected chi connectivity index (χ3v) is 4.41. The van der Waals surface area contributed by atoms with Crippen molar-refractivity contribution in [1.29, 1.82) is 0 Å². The van der Waals surface area contributed by atoms with Crippen molar-refractivity contribution in [2.75, 3.05) is 31.9 Å². The average Bonchev–Trinajstić information content (AvgIpc) is 3.24. The van der Waals surface area contributed by atoms with E-state index < -0.39 is 17.6 Å². The number of amides is 1. The van der Waals surface area contributed by atoms with E-state index in [4.69, 9.17) is 5.73 Å². The lowest BCUT2D eigenvalue weighted by molar-refractivity contribution is -0.886. The van der Waals surface area contributed by atoms with E-state index in [0.717, 1.165) is 36.4 Å². The molecule has 0 aliphatic carbocycles. The van der Waals surface area contributed by atoms with Gasteiger partial charge in [-0.3, -0.25) is 4.79 Å². The number of nitrogens with zero attached hydrogens (tertiary/aromatic N) is 3. The summed E-state index contributed by atoms with van der Waals surface area (Å²) in [5.41, 5.74) is 5.04. The Morgan fingerprint density at radius 2 is 2.04 bits per heavy atom. The molecule has 10 heteroatoms. The highest BCUT2D eigenvalue weighted by Crippen LogP contribution is 2.30. The number of benzene rings is 1. The topological polar surface area (TPSA) is 90.3 Å². The quantitative estimate of drug-likeness (QED) is 0.706. The zero-order chi connectivity index (χ0) is 18.7. The van der Waals surface area contributed by atoms with Crippen LogP contribution in [0.15, 0.2) is 24.3 Å². The van der Waals surface area contributed by atoms with Gasteiger partial charge in [-0.2, -0.15) is 17.9 Å². The molecule has 1 aromatic carbocycles. The molecule has 140 valence electrons. The number of carbonyl (C=O) groups excluding carboxylic acids is 1. The van der Waals surface area contributed by atoms with E-state index >= 15 is 0 Å². The van der Waals surface area contributed by atoms with Crippen LogP contribution in [0.2, 0.25) is 0 Å². The van der Waals surface area contributed by atoms with E-state index in [1.807, 2.05) is 0 Å². The Hall–Kier alpha value is -2.62. The van der Waals surface area contributed by atoms with Crippen LogP contribution >= 0.6 is 0 Å². The summed E-state index contributed by atoms with van der Waals surface area (Å²) in [4.78, 5) is 13.6. The van der Waals surface area contributed by atoms with Crippen LogP contribution in [0.4, 0.5) is 19.0 Å². The predicted molar refractivity (Wildman–Crippen MR) is 87.9 cm³/mol. The van der Waals surface area contributed by atoms with Gasteiger partial charge in [0, 0.05) is 12.8 Å². The molecule has 26 heavy (non-hydrogen) atoms. The Morgan fingerprint density at radius 1 is 1.31 bits per heavy atom. The molecule has 4 N–H and O–H groups in total. The van der Waals surface area contributed by atoms with Crippen molar-refractivity contribution in [3.63, 3.8) is 0 Å². The number of alkyl halides is 3. The maximum absolute atomic E-state index is 12.8. The highest BCUT2D eigenvalue weighted by Gasteiger charge is 2.31. The van der Waals surface area contributed by atoms with Crippen molar-refractivity contribution in [2.24, 2.45) is 0 Å². The largest absolute Gasteiger partial charge is 0.416 e. The molecule has 3 rings (SSSR count). The molecule has 2 heterocycles. The number of anilines is 1. The fraction of sp³-hybridized carbons (Fsp3) is 0.438. The van der Waals surface area contributed by atoms with Crippen LogP contribution in [0.25, 0.3) is 5.69 Å². The molecule has 0 bridgehead atoms. The van der Waals surface area contributed by atoms with Crippen molar-refractivity contribution in [3.8, 4) is 5.69 Å². The van der Waals surface area contributed by atoms with Gasteiger partial charge in [0.25, 0.3) is 5.91 Å². The first-order valence-electron chi connectivity index (χ1n) is 8.37. The van der Waals surface area contributed by atoms with Gasteiger partial charge in [-0.25, -0.2) is 0 Å². The number of hydrogen-bond acceptors (Lipinski definition) is 4. The molecule has 2 aromatic rings. The maximum atomic E-state index is 12.8. The second-order valence-corrected chi connectivity index (χ2v) is 6.25. The lowest BCUT2D eigenvalue weighted by Gasteiger charge is -2.12. The van der Waals surface area contributed by atoms with Crippen LogP contribution in [0.3, 0.4) is 0 Å². The minimum absolute atomic E-state index is 0.0883. The Labute approximate surface area is 148 Å². The number of quaternary nitrogens is 1. The van der Waals surface area contributed by atoms with Gasteiger partial charge in [0.2, 0.25) is 0 Å². The number of carbonyl (C=O) groups is 1. The third kappa shape index (κ3) is 3.96. The summed E-state index contributed by atoms with van der Waals surface area (Å²) in [7, 11) is 0. The molecule has 0 unspecified atom stereocenters. The number of nitrogens with one attached hydrogen (secondary N) is 2. The van der Waals surface area contributed by atoms with Crippen molar-refractivity contribution < 1.29 is 22.9 Å². The van der Waals surface area contributed by atoms with Crippen molar-refractivity contribution in [3.05, 3.63) is 35.5 Å². The van der Waals surface area contributed by atoms with Crippen molar-refractivity contribution in [2.45, 2.75) is 19.0 Å². The lowest BCUT2D eigenvalue weighted by Crippen LogP contribution is -3.10. The molecule has 7 nitrogen and oxygen atoms in total. The van der Waals surface area contributed by atoms with Crippen molar-refractivity contribution in [1.82, 2.24) is 20.3 Å². The third-order valence-electron chi connectivity index (χ3n) is 4.41. The Morgan fingerprint density at radius 3 is 2.73 bits per heavy atom. The summed E-state index contributed by atoms with van der Waals surface area (Å²) in [6, 6.07) is 4.52. The minimum atomic E-state index is -4.48. The lowest BCUT2D eigenvalue weighted by atomic mass is 10.2. The van der Waals surface area contributed by atoms with Gasteiger partial charge in [-0.05, 0) is 18.2 Å². The second-order valence-electron chi connectivity index (χ2n) is 6.25. The van der Waals surface area contributed by atoms with Crippen LogP contribution in [0, 0.1) is 0 Å². The Balaban J connectivity index is 1.70. The van der Waals surface area contributed by atoms with E-state index in [-0.39, 0.29) is 17.2 Å². The molecule has 0 radical (unpaired) electrons. The smallest absolute Gasteiger partial charge is 0.382 e. The van der Waals surface area contributed by atoms with Gasteiger partial charge < -0.3 is 16.0 Å². The molecular formula is C16H20F3N6O+. The fourth-order valence-electron chi connectivity index (χ4n) is 3.02. The molecule has 1 aliphatic rings. The normalized spacial score (nSPS) is 15.3. The summed E-state index contributed by atoms with van der Waals surface area (Å²) in [6.45, 7) is 3.49. The number of halogens is 3. The summed E-state index contributed by atoms with van der Waals surface area (Å²) in [5.74, 6) is -0.588. The minimum Gasteiger partial charge on any atom is -0.382 e. The molecule has 0 spiro atoms.